The number of nitrogens with zero attached hydrogens (tertiary/aromatic N) is 2. The van der Waals surface area contributed by atoms with E-state index in [1.807, 2.05) is 32.0 Å². The average molecular weight is 376 g/mol. The first kappa shape index (κ1) is 17.1. The van der Waals surface area contributed by atoms with Crippen molar-refractivity contribution in [3.63, 3.8) is 0 Å². The number of ether oxygens (including phenoxy) is 1. The van der Waals surface area contributed by atoms with Gasteiger partial charge in [0.15, 0.2) is 5.60 Å². The maximum Gasteiger partial charge on any atom is 0.343 e. The zero-order valence-corrected chi connectivity index (χ0v) is 16.0. The van der Waals surface area contributed by atoms with Gasteiger partial charge >= 0.3 is 5.97 Å². The van der Waals surface area contributed by atoms with Crippen LogP contribution in [0.15, 0.2) is 29.1 Å². The molecule has 0 radical (unpaired) electrons. The molecule has 2 aliphatic heterocycles. The van der Waals surface area contributed by atoms with Crippen molar-refractivity contribution < 1.29 is 14.6 Å². The van der Waals surface area contributed by atoms with Crippen LogP contribution in [0.2, 0.25) is 0 Å². The first-order valence-electron chi connectivity index (χ1n) is 9.44. The van der Waals surface area contributed by atoms with Crippen LogP contribution >= 0.6 is 0 Å². The fourth-order valence-corrected chi connectivity index (χ4v) is 4.64. The number of carbonyl (C=O) groups excluding carboxylic acids is 1. The lowest BCUT2D eigenvalue weighted by molar-refractivity contribution is -0.172. The van der Waals surface area contributed by atoms with Crippen LogP contribution < -0.4 is 5.56 Å². The van der Waals surface area contributed by atoms with Crippen LogP contribution in [0.4, 0.5) is 0 Å². The number of cyclic esters (lactones) is 1. The smallest absolute Gasteiger partial charge is 0.343 e. The van der Waals surface area contributed by atoms with Crippen LogP contribution in [-0.4, -0.2) is 20.6 Å². The Morgan fingerprint density at radius 2 is 2.07 bits per heavy atom. The van der Waals surface area contributed by atoms with Gasteiger partial charge in [-0.1, -0.05) is 19.1 Å². The van der Waals surface area contributed by atoms with E-state index in [2.05, 4.69) is 0 Å². The minimum atomic E-state index is -1.78. The zero-order chi connectivity index (χ0) is 19.8. The molecule has 0 saturated carbocycles. The summed E-state index contributed by atoms with van der Waals surface area (Å²) in [6.07, 6.45) is 0.631. The third kappa shape index (κ3) is 1.98. The van der Waals surface area contributed by atoms with E-state index in [1.165, 1.54) is 0 Å². The van der Waals surface area contributed by atoms with Gasteiger partial charge in [-0.25, -0.2) is 4.79 Å². The van der Waals surface area contributed by atoms with Gasteiger partial charge in [0.25, 0.3) is 5.56 Å². The minimum absolute atomic E-state index is 0.121. The molecule has 0 aliphatic carbocycles. The molecule has 0 saturated heterocycles. The van der Waals surface area contributed by atoms with E-state index >= 15 is 0 Å². The minimum Gasteiger partial charge on any atom is -0.458 e. The van der Waals surface area contributed by atoms with Crippen molar-refractivity contribution in [2.45, 2.75) is 45.8 Å². The van der Waals surface area contributed by atoms with Crippen LogP contribution in [0.5, 0.6) is 0 Å². The van der Waals surface area contributed by atoms with E-state index in [1.54, 1.807) is 17.6 Å². The van der Waals surface area contributed by atoms with Crippen molar-refractivity contribution in [1.82, 2.24) is 9.55 Å². The van der Waals surface area contributed by atoms with Crippen LogP contribution in [0.25, 0.3) is 16.6 Å². The van der Waals surface area contributed by atoms with Crippen molar-refractivity contribution >= 4 is 16.9 Å². The maximum absolute atomic E-state index is 13.4. The molecule has 0 spiro atoms. The molecular formula is C22H20N2O4. The second-order valence-corrected chi connectivity index (χ2v) is 7.64. The normalized spacial score (nSPS) is 19.9. The average Bonchev–Trinajstić information content (AvgIpc) is 3.04. The van der Waals surface area contributed by atoms with Gasteiger partial charge in [0, 0.05) is 23.1 Å². The van der Waals surface area contributed by atoms with Gasteiger partial charge in [0.2, 0.25) is 0 Å². The lowest BCUT2D eigenvalue weighted by Gasteiger charge is -2.31. The van der Waals surface area contributed by atoms with Gasteiger partial charge in [-0.15, -0.1) is 0 Å². The van der Waals surface area contributed by atoms with Crippen LogP contribution in [0.1, 0.15) is 47.0 Å². The van der Waals surface area contributed by atoms with Crippen LogP contribution in [-0.2, 0) is 28.2 Å². The number of rotatable bonds is 1. The SMILES string of the molecule is CC[C@@]1(O)C(=O)OCc2c1cc1n(c2=O)-c2c(nc3cccc(C)c3c2C)C1. The number of pyridine rings is 2. The van der Waals surface area contributed by atoms with Crippen LogP contribution in [0, 0.1) is 13.8 Å². The number of carbonyl (C=O) groups is 1. The van der Waals surface area contributed by atoms with Gasteiger partial charge in [-0.2, -0.15) is 0 Å². The predicted octanol–water partition coefficient (Wildman–Crippen LogP) is 2.56. The number of hydrogen-bond acceptors (Lipinski definition) is 5. The number of aliphatic hydroxyl groups is 1. The van der Waals surface area contributed by atoms with Crippen molar-refractivity contribution in [1.29, 1.82) is 0 Å². The van der Waals surface area contributed by atoms with E-state index in [0.29, 0.717) is 17.5 Å². The Kier molecular flexibility index (Phi) is 3.37. The molecule has 0 fully saturated rings. The summed E-state index contributed by atoms with van der Waals surface area (Å²) in [7, 11) is 0. The number of hydrogen-bond donors (Lipinski definition) is 1. The van der Waals surface area contributed by atoms with Gasteiger partial charge < -0.3 is 9.84 Å². The van der Waals surface area contributed by atoms with Crippen LogP contribution in [0.3, 0.4) is 0 Å². The molecule has 0 bridgehead atoms. The highest BCUT2D eigenvalue weighted by molar-refractivity contribution is 5.89. The molecule has 4 heterocycles. The molecule has 3 aromatic rings. The van der Waals surface area contributed by atoms with E-state index in [0.717, 1.165) is 39.1 Å². The van der Waals surface area contributed by atoms with E-state index < -0.39 is 11.6 Å². The summed E-state index contributed by atoms with van der Waals surface area (Å²) in [5.74, 6) is -0.696. The largest absolute Gasteiger partial charge is 0.458 e. The van der Waals surface area contributed by atoms with Crippen molar-refractivity contribution in [3.05, 3.63) is 68.3 Å². The molecular weight excluding hydrogens is 356 g/mol. The van der Waals surface area contributed by atoms with Crippen molar-refractivity contribution in [3.8, 4) is 5.69 Å². The van der Waals surface area contributed by atoms with Gasteiger partial charge in [-0.3, -0.25) is 14.3 Å². The van der Waals surface area contributed by atoms with Gasteiger partial charge in [0.1, 0.15) is 6.61 Å². The molecule has 0 unspecified atom stereocenters. The second-order valence-electron chi connectivity index (χ2n) is 7.64. The summed E-state index contributed by atoms with van der Waals surface area (Å²) >= 11 is 0. The molecule has 2 aliphatic rings. The lowest BCUT2D eigenvalue weighted by Crippen LogP contribution is -2.44. The van der Waals surface area contributed by atoms with E-state index in [4.69, 9.17) is 9.72 Å². The van der Waals surface area contributed by atoms with E-state index in [-0.39, 0.29) is 18.6 Å². The summed E-state index contributed by atoms with van der Waals surface area (Å²) in [5.41, 5.74) is 4.10. The Hall–Kier alpha value is -2.99. The Balaban J connectivity index is 1.85. The highest BCUT2D eigenvalue weighted by Crippen LogP contribution is 2.38. The van der Waals surface area contributed by atoms with Crippen molar-refractivity contribution in [2.75, 3.05) is 0 Å². The Bertz CT molecular complexity index is 1260. The van der Waals surface area contributed by atoms with Gasteiger partial charge in [0.05, 0.1) is 22.5 Å². The molecule has 6 nitrogen and oxygen atoms in total. The Morgan fingerprint density at radius 3 is 2.82 bits per heavy atom. The van der Waals surface area contributed by atoms with Gasteiger partial charge in [-0.05, 0) is 43.5 Å². The fourth-order valence-electron chi connectivity index (χ4n) is 4.64. The molecule has 1 atom stereocenters. The molecule has 142 valence electrons. The van der Waals surface area contributed by atoms with Crippen molar-refractivity contribution in [2.24, 2.45) is 0 Å². The summed E-state index contributed by atoms with van der Waals surface area (Å²) in [5, 5.41) is 11.9. The quantitative estimate of drug-likeness (QED) is 0.517. The molecule has 28 heavy (non-hydrogen) atoms. The Labute approximate surface area is 161 Å². The molecule has 6 heteroatoms. The fraction of sp³-hybridized carbons (Fsp3) is 0.318. The number of benzene rings is 1. The highest BCUT2D eigenvalue weighted by Gasteiger charge is 2.45. The lowest BCUT2D eigenvalue weighted by atomic mass is 9.86. The summed E-state index contributed by atoms with van der Waals surface area (Å²) < 4.78 is 6.82. The number of aromatic nitrogens is 2. The molecule has 2 aromatic heterocycles. The third-order valence-electron chi connectivity index (χ3n) is 6.11. The predicted molar refractivity (Wildman–Crippen MR) is 104 cm³/mol. The molecule has 0 amide bonds. The number of aryl methyl sites for hydroxylation is 2. The maximum atomic E-state index is 13.4. The zero-order valence-electron chi connectivity index (χ0n) is 16.0. The second kappa shape index (κ2) is 5.52. The summed E-state index contributed by atoms with van der Waals surface area (Å²) in [6.45, 7) is 5.64. The molecule has 5 rings (SSSR count). The number of fused-ring (bicyclic) bond motifs is 5. The third-order valence-corrected chi connectivity index (χ3v) is 6.11. The standard InChI is InChI=1S/C22H20N2O4/c1-4-22(27)15-8-13-9-17-19(24(13)20(25)14(15)10-28-21(22)26)12(3)18-11(2)6-5-7-16(18)23-17/h5-8,27H,4,9-10H2,1-3H3/t22-/m0/s1. The Morgan fingerprint density at radius 1 is 1.29 bits per heavy atom. The topological polar surface area (TPSA) is 81.4 Å². The summed E-state index contributed by atoms with van der Waals surface area (Å²) in [4.78, 5) is 30.4. The monoisotopic (exact) mass is 376 g/mol. The first-order chi connectivity index (χ1) is 13.4. The molecule has 1 aromatic carbocycles. The summed E-state index contributed by atoms with van der Waals surface area (Å²) in [6, 6.07) is 7.78. The highest BCUT2D eigenvalue weighted by atomic mass is 16.6. The number of esters is 1. The molecule has 1 N–H and O–H groups in total. The van der Waals surface area contributed by atoms with E-state index in [9.17, 15) is 14.7 Å². The first-order valence-corrected chi connectivity index (χ1v) is 9.44.